The molecule has 5 heteroatoms. The van der Waals surface area contributed by atoms with Gasteiger partial charge in [-0.2, -0.15) is 0 Å². The molecule has 0 aliphatic rings. The zero-order chi connectivity index (χ0) is 12.3. The van der Waals surface area contributed by atoms with Gasteiger partial charge >= 0.3 is 0 Å². The largest absolute Gasteiger partial charge is 0.326 e. The Morgan fingerprint density at radius 3 is 2.65 bits per heavy atom. The zero-order valence-electron chi connectivity index (χ0n) is 8.86. The predicted octanol–water partition coefficient (Wildman–Crippen LogP) is 4.00. The molecule has 0 aliphatic carbocycles. The molecule has 0 saturated heterocycles. The number of hydrogen-bond donors (Lipinski definition) is 1. The van der Waals surface area contributed by atoms with Crippen LogP contribution < -0.4 is 5.73 Å². The summed E-state index contributed by atoms with van der Waals surface area (Å²) in [6.07, 6.45) is 1.70. The fourth-order valence-electron chi connectivity index (χ4n) is 1.30. The molecule has 0 atom stereocenters. The summed E-state index contributed by atoms with van der Waals surface area (Å²) < 4.78 is 0. The Morgan fingerprint density at radius 2 is 2.00 bits per heavy atom. The summed E-state index contributed by atoms with van der Waals surface area (Å²) in [5.74, 6) is 0. The lowest BCUT2D eigenvalue weighted by molar-refractivity contribution is 1.06. The highest BCUT2D eigenvalue weighted by Crippen LogP contribution is 2.35. The number of aromatic nitrogens is 1. The Morgan fingerprint density at radius 1 is 1.18 bits per heavy atom. The average Bonchev–Trinajstić information content (AvgIpc) is 2.34. The molecule has 17 heavy (non-hydrogen) atoms. The van der Waals surface area contributed by atoms with E-state index in [2.05, 4.69) is 4.98 Å². The number of rotatable bonds is 3. The lowest BCUT2D eigenvalue weighted by atomic mass is 10.2. The van der Waals surface area contributed by atoms with Crippen molar-refractivity contribution in [3.8, 4) is 0 Å². The van der Waals surface area contributed by atoms with E-state index in [4.69, 9.17) is 28.9 Å². The van der Waals surface area contributed by atoms with Crippen LogP contribution in [0.4, 0.5) is 0 Å². The van der Waals surface area contributed by atoms with Gasteiger partial charge in [-0.25, -0.2) is 4.98 Å². The molecule has 2 N–H and O–H groups in total. The van der Waals surface area contributed by atoms with Gasteiger partial charge in [0.2, 0.25) is 0 Å². The summed E-state index contributed by atoms with van der Waals surface area (Å²) in [6.45, 7) is 0.481. The van der Waals surface area contributed by atoms with Crippen molar-refractivity contribution in [3.63, 3.8) is 0 Å². The van der Waals surface area contributed by atoms with Gasteiger partial charge in [-0.3, -0.25) is 0 Å². The highest BCUT2D eigenvalue weighted by Gasteiger charge is 2.07. The molecule has 88 valence electrons. The van der Waals surface area contributed by atoms with E-state index >= 15 is 0 Å². The molecule has 0 aliphatic heterocycles. The van der Waals surface area contributed by atoms with Gasteiger partial charge in [-0.15, -0.1) is 0 Å². The predicted molar refractivity (Wildman–Crippen MR) is 72.7 cm³/mol. The van der Waals surface area contributed by atoms with Crippen LogP contribution in [-0.2, 0) is 6.54 Å². The quantitative estimate of drug-likeness (QED) is 0.926. The second-order valence-corrected chi connectivity index (χ2v) is 5.21. The smallest absolute Gasteiger partial charge is 0.119 e. The van der Waals surface area contributed by atoms with E-state index in [9.17, 15) is 0 Å². The first-order chi connectivity index (χ1) is 8.20. The first-order valence-corrected chi connectivity index (χ1v) is 6.55. The SMILES string of the molecule is NCc1ccc(Sc2ncccc2Cl)c(Cl)c1. The Balaban J connectivity index is 2.28. The molecule has 0 saturated carbocycles. The lowest BCUT2D eigenvalue weighted by Gasteiger charge is -2.06. The van der Waals surface area contributed by atoms with E-state index in [1.165, 1.54) is 11.8 Å². The van der Waals surface area contributed by atoms with Gasteiger partial charge in [0.15, 0.2) is 0 Å². The molecule has 0 radical (unpaired) electrons. The number of nitrogens with two attached hydrogens (primary N) is 1. The maximum atomic E-state index is 6.16. The summed E-state index contributed by atoms with van der Waals surface area (Å²) in [4.78, 5) is 5.13. The Bertz CT molecular complexity index is 532. The summed E-state index contributed by atoms with van der Waals surface area (Å²) in [5.41, 5.74) is 6.55. The molecule has 0 bridgehead atoms. The Labute approximate surface area is 114 Å². The van der Waals surface area contributed by atoms with Gasteiger partial charge < -0.3 is 5.73 Å². The van der Waals surface area contributed by atoms with Crippen LogP contribution in [0.1, 0.15) is 5.56 Å². The summed E-state index contributed by atoms with van der Waals surface area (Å²) in [5, 5.41) is 2.03. The van der Waals surface area contributed by atoms with E-state index in [0.29, 0.717) is 16.6 Å². The van der Waals surface area contributed by atoms with Crippen LogP contribution in [0.3, 0.4) is 0 Å². The monoisotopic (exact) mass is 284 g/mol. The van der Waals surface area contributed by atoms with Crippen molar-refractivity contribution in [3.05, 3.63) is 52.1 Å². The topological polar surface area (TPSA) is 38.9 Å². The van der Waals surface area contributed by atoms with E-state index in [1.807, 2.05) is 18.2 Å². The molecule has 0 spiro atoms. The normalized spacial score (nSPS) is 10.5. The van der Waals surface area contributed by atoms with E-state index in [1.54, 1.807) is 18.3 Å². The zero-order valence-corrected chi connectivity index (χ0v) is 11.2. The van der Waals surface area contributed by atoms with Gasteiger partial charge in [-0.05, 0) is 29.8 Å². The van der Waals surface area contributed by atoms with Gasteiger partial charge in [0.05, 0.1) is 10.0 Å². The molecular formula is C12H10Cl2N2S. The third-order valence-electron chi connectivity index (χ3n) is 2.16. The molecule has 2 aromatic rings. The maximum absolute atomic E-state index is 6.16. The Hall–Kier alpha value is -0.740. The summed E-state index contributed by atoms with van der Waals surface area (Å²) in [6, 6.07) is 9.34. The average molecular weight is 285 g/mol. The van der Waals surface area contributed by atoms with Gasteiger partial charge in [0, 0.05) is 17.6 Å². The second-order valence-electron chi connectivity index (χ2n) is 3.36. The first kappa shape index (κ1) is 12.7. The molecular weight excluding hydrogens is 275 g/mol. The first-order valence-electron chi connectivity index (χ1n) is 4.97. The van der Waals surface area contributed by atoms with Gasteiger partial charge in [0.1, 0.15) is 5.03 Å². The molecule has 0 unspecified atom stereocenters. The van der Waals surface area contributed by atoms with Crippen molar-refractivity contribution in [2.24, 2.45) is 5.73 Å². The minimum absolute atomic E-state index is 0.481. The third kappa shape index (κ3) is 3.13. The number of halogens is 2. The van der Waals surface area contributed by atoms with Gasteiger partial charge in [0.25, 0.3) is 0 Å². The van der Waals surface area contributed by atoms with Crippen LogP contribution in [0.2, 0.25) is 10.0 Å². The molecule has 2 rings (SSSR count). The molecule has 0 fully saturated rings. The van der Waals surface area contributed by atoms with Crippen LogP contribution in [0, 0.1) is 0 Å². The van der Waals surface area contributed by atoms with Crippen LogP contribution in [-0.4, -0.2) is 4.98 Å². The number of benzene rings is 1. The molecule has 1 aromatic carbocycles. The van der Waals surface area contributed by atoms with Crippen molar-refractivity contribution in [2.45, 2.75) is 16.5 Å². The number of hydrogen-bond acceptors (Lipinski definition) is 3. The fraction of sp³-hybridized carbons (Fsp3) is 0.0833. The lowest BCUT2D eigenvalue weighted by Crippen LogP contribution is -1.95. The maximum Gasteiger partial charge on any atom is 0.119 e. The van der Waals surface area contributed by atoms with Crippen molar-refractivity contribution in [1.29, 1.82) is 0 Å². The van der Waals surface area contributed by atoms with Crippen molar-refractivity contribution in [2.75, 3.05) is 0 Å². The summed E-state index contributed by atoms with van der Waals surface area (Å²) >= 11 is 13.6. The Kier molecular flexibility index (Phi) is 4.29. The van der Waals surface area contributed by atoms with Crippen molar-refractivity contribution >= 4 is 35.0 Å². The molecule has 2 nitrogen and oxygen atoms in total. The fourth-order valence-corrected chi connectivity index (χ4v) is 2.64. The van der Waals surface area contributed by atoms with Crippen LogP contribution >= 0.6 is 35.0 Å². The molecule has 0 amide bonds. The van der Waals surface area contributed by atoms with Crippen LogP contribution in [0.5, 0.6) is 0 Å². The second kappa shape index (κ2) is 5.74. The van der Waals surface area contributed by atoms with E-state index in [-0.39, 0.29) is 0 Å². The third-order valence-corrected chi connectivity index (χ3v) is 4.10. The molecule has 1 heterocycles. The van der Waals surface area contributed by atoms with Crippen molar-refractivity contribution in [1.82, 2.24) is 4.98 Å². The van der Waals surface area contributed by atoms with Crippen LogP contribution in [0.15, 0.2) is 46.5 Å². The number of nitrogens with zero attached hydrogens (tertiary/aromatic N) is 1. The standard InChI is InChI=1S/C12H10Cl2N2S/c13-9-2-1-5-16-12(9)17-11-4-3-8(7-15)6-10(11)14/h1-6H,7,15H2. The minimum atomic E-state index is 0.481. The summed E-state index contributed by atoms with van der Waals surface area (Å²) in [7, 11) is 0. The highest BCUT2D eigenvalue weighted by atomic mass is 35.5. The molecule has 1 aromatic heterocycles. The van der Waals surface area contributed by atoms with E-state index < -0.39 is 0 Å². The number of pyridine rings is 1. The van der Waals surface area contributed by atoms with E-state index in [0.717, 1.165) is 15.5 Å². The van der Waals surface area contributed by atoms with Gasteiger partial charge in [-0.1, -0.05) is 41.0 Å². The minimum Gasteiger partial charge on any atom is -0.326 e. The van der Waals surface area contributed by atoms with Crippen LogP contribution in [0.25, 0.3) is 0 Å². The van der Waals surface area contributed by atoms with Crippen molar-refractivity contribution < 1.29 is 0 Å². The highest BCUT2D eigenvalue weighted by molar-refractivity contribution is 7.99.